The summed E-state index contributed by atoms with van der Waals surface area (Å²) in [6.45, 7) is 4.12. The molecule has 0 bridgehead atoms. The number of carbonyl (C=O) groups excluding carboxylic acids is 1. The molecule has 76 valence electrons. The van der Waals surface area contributed by atoms with Crippen LogP contribution in [-0.4, -0.2) is 37.3 Å². The van der Waals surface area contributed by atoms with Gasteiger partial charge in [-0.25, -0.2) is 8.42 Å². The number of hydrogen-bond acceptors (Lipinski definition) is 3. The third-order valence-electron chi connectivity index (χ3n) is 2.18. The minimum atomic E-state index is -3.10. The maximum atomic E-state index is 11.3. The fraction of sp³-hybridized carbons (Fsp3) is 0.875. The van der Waals surface area contributed by atoms with Crippen molar-refractivity contribution in [2.45, 2.75) is 20.3 Å². The van der Waals surface area contributed by atoms with Crippen molar-refractivity contribution >= 4 is 15.8 Å². The van der Waals surface area contributed by atoms with Crippen molar-refractivity contribution in [3.05, 3.63) is 0 Å². The Morgan fingerprint density at radius 2 is 2.08 bits per heavy atom. The van der Waals surface area contributed by atoms with Gasteiger partial charge in [-0.15, -0.1) is 0 Å². The van der Waals surface area contributed by atoms with Gasteiger partial charge in [0.25, 0.3) is 0 Å². The largest absolute Gasteiger partial charge is 0.298 e. The van der Waals surface area contributed by atoms with Crippen LogP contribution in [-0.2, 0) is 14.8 Å². The summed E-state index contributed by atoms with van der Waals surface area (Å²) >= 11 is 0. The van der Waals surface area contributed by atoms with E-state index in [4.69, 9.17) is 0 Å². The van der Waals surface area contributed by atoms with Crippen molar-refractivity contribution in [3.8, 4) is 0 Å². The third kappa shape index (κ3) is 2.51. The van der Waals surface area contributed by atoms with Gasteiger partial charge in [0, 0.05) is 12.5 Å². The van der Waals surface area contributed by atoms with Crippen molar-refractivity contribution in [1.82, 2.24) is 4.31 Å². The molecule has 1 aliphatic rings. The van der Waals surface area contributed by atoms with Gasteiger partial charge in [0.05, 0.1) is 12.3 Å². The van der Waals surface area contributed by atoms with Crippen LogP contribution in [0.2, 0.25) is 0 Å². The zero-order valence-electron chi connectivity index (χ0n) is 7.99. The molecule has 0 saturated carbocycles. The summed E-state index contributed by atoms with van der Waals surface area (Å²) in [6.07, 6.45) is 0.647. The van der Waals surface area contributed by atoms with Gasteiger partial charge in [0.1, 0.15) is 5.78 Å². The Morgan fingerprint density at radius 1 is 1.46 bits per heavy atom. The highest BCUT2D eigenvalue weighted by Gasteiger charge is 2.30. The van der Waals surface area contributed by atoms with Crippen LogP contribution in [0.3, 0.4) is 0 Å². The lowest BCUT2D eigenvalue weighted by atomic mass is 10.1. The van der Waals surface area contributed by atoms with Gasteiger partial charge in [-0.3, -0.25) is 4.79 Å². The molecule has 1 rings (SSSR count). The summed E-state index contributed by atoms with van der Waals surface area (Å²) in [4.78, 5) is 11.3. The second-order valence-corrected chi connectivity index (χ2v) is 5.71. The molecule has 0 spiro atoms. The standard InChI is InChI=1S/C8H15NO3S/c1-7(2)8(10)6-9-4-3-5-13(9,11)12/h7H,3-6H2,1-2H3. The zero-order chi connectivity index (χ0) is 10.1. The average molecular weight is 205 g/mol. The van der Waals surface area contributed by atoms with E-state index in [1.54, 1.807) is 13.8 Å². The van der Waals surface area contributed by atoms with E-state index in [0.29, 0.717) is 13.0 Å². The lowest BCUT2D eigenvalue weighted by Crippen LogP contribution is -2.33. The van der Waals surface area contributed by atoms with Crippen molar-refractivity contribution in [3.63, 3.8) is 0 Å². The van der Waals surface area contributed by atoms with E-state index in [0.717, 1.165) is 0 Å². The summed E-state index contributed by atoms with van der Waals surface area (Å²) < 4.78 is 23.9. The van der Waals surface area contributed by atoms with Gasteiger partial charge in [-0.2, -0.15) is 4.31 Å². The highest BCUT2D eigenvalue weighted by molar-refractivity contribution is 7.89. The first kappa shape index (κ1) is 10.7. The van der Waals surface area contributed by atoms with E-state index in [1.165, 1.54) is 4.31 Å². The lowest BCUT2D eigenvalue weighted by molar-refractivity contribution is -0.122. The first-order valence-electron chi connectivity index (χ1n) is 4.44. The number of Topliss-reactive ketones (excluding diaryl/α,β-unsaturated/α-hetero) is 1. The number of ketones is 1. The zero-order valence-corrected chi connectivity index (χ0v) is 8.80. The van der Waals surface area contributed by atoms with Gasteiger partial charge >= 0.3 is 0 Å². The summed E-state index contributed by atoms with van der Waals surface area (Å²) in [5.41, 5.74) is 0. The van der Waals surface area contributed by atoms with Crippen molar-refractivity contribution in [1.29, 1.82) is 0 Å². The van der Waals surface area contributed by atoms with E-state index < -0.39 is 10.0 Å². The predicted molar refractivity (Wildman–Crippen MR) is 49.8 cm³/mol. The number of nitrogens with zero attached hydrogens (tertiary/aromatic N) is 1. The summed E-state index contributed by atoms with van der Waals surface area (Å²) in [6, 6.07) is 0. The molecule has 0 aromatic carbocycles. The molecule has 0 aromatic rings. The number of hydrogen-bond donors (Lipinski definition) is 0. The van der Waals surface area contributed by atoms with Crippen LogP contribution in [0.15, 0.2) is 0 Å². The first-order chi connectivity index (χ1) is 5.93. The minimum absolute atomic E-state index is 0.00882. The summed E-state index contributed by atoms with van der Waals surface area (Å²) in [7, 11) is -3.10. The van der Waals surface area contributed by atoms with Crippen molar-refractivity contribution in [2.24, 2.45) is 5.92 Å². The van der Waals surface area contributed by atoms with E-state index in [1.807, 2.05) is 0 Å². The monoisotopic (exact) mass is 205 g/mol. The van der Waals surface area contributed by atoms with Crippen molar-refractivity contribution in [2.75, 3.05) is 18.8 Å². The van der Waals surface area contributed by atoms with Crippen LogP contribution in [0.1, 0.15) is 20.3 Å². The molecule has 0 atom stereocenters. The van der Waals surface area contributed by atoms with E-state index in [-0.39, 0.29) is 24.0 Å². The predicted octanol–water partition coefficient (Wildman–Crippen LogP) is 0.247. The molecule has 4 nitrogen and oxygen atoms in total. The maximum Gasteiger partial charge on any atom is 0.214 e. The Hall–Kier alpha value is -0.420. The van der Waals surface area contributed by atoms with Gasteiger partial charge in [0.2, 0.25) is 10.0 Å². The molecule has 0 amide bonds. The molecule has 0 N–H and O–H groups in total. The lowest BCUT2D eigenvalue weighted by Gasteiger charge is -2.14. The molecular formula is C8H15NO3S. The number of sulfonamides is 1. The fourth-order valence-corrected chi connectivity index (χ4v) is 2.71. The Kier molecular flexibility index (Phi) is 3.08. The van der Waals surface area contributed by atoms with Gasteiger partial charge in [0.15, 0.2) is 0 Å². The molecule has 0 aromatic heterocycles. The Bertz CT molecular complexity index is 295. The normalized spacial score (nSPS) is 22.4. The number of carbonyl (C=O) groups is 1. The topological polar surface area (TPSA) is 54.5 Å². The summed E-state index contributed by atoms with van der Waals surface area (Å²) in [5, 5.41) is 0. The highest BCUT2D eigenvalue weighted by atomic mass is 32.2. The fourth-order valence-electron chi connectivity index (χ4n) is 1.23. The third-order valence-corrected chi connectivity index (χ3v) is 4.08. The van der Waals surface area contributed by atoms with Crippen LogP contribution in [0.5, 0.6) is 0 Å². The molecule has 1 aliphatic heterocycles. The second-order valence-electron chi connectivity index (χ2n) is 3.62. The van der Waals surface area contributed by atoms with E-state index in [9.17, 15) is 13.2 Å². The molecule has 1 saturated heterocycles. The molecular weight excluding hydrogens is 190 g/mol. The van der Waals surface area contributed by atoms with E-state index in [2.05, 4.69) is 0 Å². The number of rotatable bonds is 3. The first-order valence-corrected chi connectivity index (χ1v) is 6.05. The molecule has 5 heteroatoms. The maximum absolute atomic E-state index is 11.3. The van der Waals surface area contributed by atoms with Crippen LogP contribution in [0.25, 0.3) is 0 Å². The quantitative estimate of drug-likeness (QED) is 0.663. The minimum Gasteiger partial charge on any atom is -0.298 e. The van der Waals surface area contributed by atoms with Crippen LogP contribution >= 0.6 is 0 Å². The Balaban J connectivity index is 2.60. The summed E-state index contributed by atoms with van der Waals surface area (Å²) in [5.74, 6) is 0.0968. The SMILES string of the molecule is CC(C)C(=O)CN1CCCS1(=O)=O. The van der Waals surface area contributed by atoms with Crippen LogP contribution < -0.4 is 0 Å². The molecule has 1 heterocycles. The van der Waals surface area contributed by atoms with Gasteiger partial charge in [-0.05, 0) is 6.42 Å². The second kappa shape index (κ2) is 3.75. The van der Waals surface area contributed by atoms with Gasteiger partial charge < -0.3 is 0 Å². The van der Waals surface area contributed by atoms with E-state index >= 15 is 0 Å². The molecule has 0 unspecified atom stereocenters. The van der Waals surface area contributed by atoms with Gasteiger partial charge in [-0.1, -0.05) is 13.8 Å². The highest BCUT2D eigenvalue weighted by Crippen LogP contribution is 2.13. The van der Waals surface area contributed by atoms with Crippen molar-refractivity contribution < 1.29 is 13.2 Å². The molecule has 0 radical (unpaired) electrons. The molecule has 0 aliphatic carbocycles. The molecule has 1 fully saturated rings. The Labute approximate surface area is 79.0 Å². The molecule has 13 heavy (non-hydrogen) atoms. The smallest absolute Gasteiger partial charge is 0.214 e. The average Bonchev–Trinajstić information content (AvgIpc) is 2.30. The Morgan fingerprint density at radius 3 is 2.46 bits per heavy atom. The van der Waals surface area contributed by atoms with Crippen LogP contribution in [0, 0.1) is 5.92 Å². The van der Waals surface area contributed by atoms with Crippen LogP contribution in [0.4, 0.5) is 0 Å².